The Hall–Kier alpha value is -0.920. The molecule has 0 aromatic rings. The van der Waals surface area contributed by atoms with E-state index in [4.69, 9.17) is 0 Å². The summed E-state index contributed by atoms with van der Waals surface area (Å²) in [7, 11) is 0. The highest BCUT2D eigenvalue weighted by Gasteiger charge is 2.02. The third-order valence-electron chi connectivity index (χ3n) is 2.97. The molecular formula is C16H28O2. The fourth-order valence-corrected chi connectivity index (χ4v) is 1.77. The molecule has 0 bridgehead atoms. The molecule has 0 aromatic carbocycles. The molecule has 0 N–H and O–H groups in total. The minimum atomic E-state index is 0.110. The molecule has 0 aliphatic carbocycles. The van der Waals surface area contributed by atoms with Crippen LogP contribution in [-0.4, -0.2) is 11.6 Å². The quantitative estimate of drug-likeness (QED) is 0.375. The van der Waals surface area contributed by atoms with E-state index in [2.05, 4.69) is 19.1 Å². The van der Waals surface area contributed by atoms with E-state index < -0.39 is 0 Å². The number of allylic oxidation sites excluding steroid dienone is 2. The normalized spacial score (nSPS) is 11.0. The van der Waals surface area contributed by atoms with E-state index in [0.29, 0.717) is 19.3 Å². The molecule has 0 unspecified atom stereocenters. The molecule has 0 aliphatic heterocycles. The monoisotopic (exact) mass is 252 g/mol. The van der Waals surface area contributed by atoms with Crippen LogP contribution in [0.2, 0.25) is 0 Å². The van der Waals surface area contributed by atoms with E-state index in [0.717, 1.165) is 19.3 Å². The van der Waals surface area contributed by atoms with Crippen LogP contribution in [0.25, 0.3) is 0 Å². The molecule has 2 nitrogen and oxygen atoms in total. The number of unbranched alkanes of at least 4 members (excludes halogenated alkanes) is 5. The SMILES string of the molecule is CCCCCC=CCCCCC(=O)CCC(C)=O. The van der Waals surface area contributed by atoms with E-state index >= 15 is 0 Å². The second-order valence-corrected chi connectivity index (χ2v) is 4.95. The number of ketones is 2. The number of carbonyl (C=O) groups excluding carboxylic acids is 2. The average molecular weight is 252 g/mol. The number of carbonyl (C=O) groups is 2. The van der Waals surface area contributed by atoms with Crippen LogP contribution in [-0.2, 0) is 9.59 Å². The summed E-state index contributed by atoms with van der Waals surface area (Å²) in [5, 5.41) is 0. The first-order valence-corrected chi connectivity index (χ1v) is 7.33. The zero-order valence-corrected chi connectivity index (χ0v) is 12.0. The van der Waals surface area contributed by atoms with Crippen molar-refractivity contribution in [3.63, 3.8) is 0 Å². The zero-order valence-electron chi connectivity index (χ0n) is 12.0. The molecular weight excluding hydrogens is 224 g/mol. The molecule has 0 amide bonds. The Labute approximate surface area is 112 Å². The molecule has 0 rings (SSSR count). The van der Waals surface area contributed by atoms with Crippen LogP contribution < -0.4 is 0 Å². The average Bonchev–Trinajstić information content (AvgIpc) is 2.34. The van der Waals surface area contributed by atoms with Gasteiger partial charge >= 0.3 is 0 Å². The van der Waals surface area contributed by atoms with Gasteiger partial charge in [-0.2, -0.15) is 0 Å². The number of hydrogen-bond donors (Lipinski definition) is 0. The zero-order chi connectivity index (χ0) is 13.6. The van der Waals surface area contributed by atoms with Crippen LogP contribution in [0.5, 0.6) is 0 Å². The fourth-order valence-electron chi connectivity index (χ4n) is 1.77. The van der Waals surface area contributed by atoms with Crippen molar-refractivity contribution < 1.29 is 9.59 Å². The second-order valence-electron chi connectivity index (χ2n) is 4.95. The van der Waals surface area contributed by atoms with Crippen molar-refractivity contribution >= 4 is 11.6 Å². The lowest BCUT2D eigenvalue weighted by Crippen LogP contribution is -2.01. The maximum Gasteiger partial charge on any atom is 0.133 e. The minimum Gasteiger partial charge on any atom is -0.300 e. The summed E-state index contributed by atoms with van der Waals surface area (Å²) in [5.74, 6) is 0.343. The van der Waals surface area contributed by atoms with Gasteiger partial charge in [0.15, 0.2) is 0 Å². The molecule has 0 spiro atoms. The molecule has 18 heavy (non-hydrogen) atoms. The summed E-state index contributed by atoms with van der Waals surface area (Å²) in [6.07, 6.45) is 14.1. The summed E-state index contributed by atoms with van der Waals surface area (Å²) in [6, 6.07) is 0. The Morgan fingerprint density at radius 1 is 0.833 bits per heavy atom. The second kappa shape index (κ2) is 12.5. The summed E-state index contributed by atoms with van der Waals surface area (Å²) >= 11 is 0. The van der Waals surface area contributed by atoms with Gasteiger partial charge < -0.3 is 4.79 Å². The lowest BCUT2D eigenvalue weighted by atomic mass is 10.1. The number of hydrogen-bond acceptors (Lipinski definition) is 2. The Kier molecular flexibility index (Phi) is 11.9. The van der Waals surface area contributed by atoms with Gasteiger partial charge in [0.25, 0.3) is 0 Å². The van der Waals surface area contributed by atoms with Crippen LogP contribution in [0.1, 0.15) is 78.1 Å². The third-order valence-corrected chi connectivity index (χ3v) is 2.97. The smallest absolute Gasteiger partial charge is 0.133 e. The first kappa shape index (κ1) is 17.1. The van der Waals surface area contributed by atoms with Gasteiger partial charge in [0.1, 0.15) is 11.6 Å². The predicted octanol–water partition coefficient (Wildman–Crippen LogP) is 4.62. The molecule has 0 fully saturated rings. The van der Waals surface area contributed by atoms with Gasteiger partial charge in [-0.3, -0.25) is 4.79 Å². The van der Waals surface area contributed by atoms with Gasteiger partial charge in [-0.25, -0.2) is 0 Å². The Bertz CT molecular complexity index is 254. The van der Waals surface area contributed by atoms with E-state index in [1.807, 2.05) is 0 Å². The maximum absolute atomic E-state index is 11.4. The van der Waals surface area contributed by atoms with Gasteiger partial charge in [-0.05, 0) is 39.0 Å². The lowest BCUT2D eigenvalue weighted by molar-refractivity contribution is -0.123. The molecule has 104 valence electrons. The molecule has 0 radical (unpaired) electrons. The van der Waals surface area contributed by atoms with Crippen molar-refractivity contribution in [2.75, 3.05) is 0 Å². The summed E-state index contributed by atoms with van der Waals surface area (Å²) in [4.78, 5) is 22.1. The molecule has 2 heteroatoms. The largest absolute Gasteiger partial charge is 0.300 e. The Morgan fingerprint density at radius 3 is 2.00 bits per heavy atom. The first-order valence-electron chi connectivity index (χ1n) is 7.33. The van der Waals surface area contributed by atoms with Crippen LogP contribution in [0.4, 0.5) is 0 Å². The van der Waals surface area contributed by atoms with E-state index in [-0.39, 0.29) is 11.6 Å². The van der Waals surface area contributed by atoms with E-state index in [1.165, 1.54) is 32.6 Å². The highest BCUT2D eigenvalue weighted by atomic mass is 16.1. The van der Waals surface area contributed by atoms with E-state index in [1.54, 1.807) is 0 Å². The predicted molar refractivity (Wildman–Crippen MR) is 76.7 cm³/mol. The molecule has 0 aromatic heterocycles. The summed E-state index contributed by atoms with van der Waals surface area (Å²) in [5.41, 5.74) is 0. The lowest BCUT2D eigenvalue weighted by Gasteiger charge is -1.98. The van der Waals surface area contributed by atoms with Crippen molar-refractivity contribution in [2.45, 2.75) is 78.1 Å². The van der Waals surface area contributed by atoms with Crippen molar-refractivity contribution in [3.8, 4) is 0 Å². The van der Waals surface area contributed by atoms with Gasteiger partial charge in [0.2, 0.25) is 0 Å². The topological polar surface area (TPSA) is 34.1 Å². The van der Waals surface area contributed by atoms with Crippen molar-refractivity contribution in [1.82, 2.24) is 0 Å². The van der Waals surface area contributed by atoms with Crippen LogP contribution >= 0.6 is 0 Å². The van der Waals surface area contributed by atoms with Crippen molar-refractivity contribution in [2.24, 2.45) is 0 Å². The maximum atomic E-state index is 11.4. The highest BCUT2D eigenvalue weighted by molar-refractivity contribution is 5.84. The molecule has 0 saturated carbocycles. The van der Waals surface area contributed by atoms with E-state index in [9.17, 15) is 9.59 Å². The first-order chi connectivity index (χ1) is 8.66. The summed E-state index contributed by atoms with van der Waals surface area (Å²) in [6.45, 7) is 3.75. The fraction of sp³-hybridized carbons (Fsp3) is 0.750. The van der Waals surface area contributed by atoms with Crippen LogP contribution in [0.3, 0.4) is 0 Å². The summed E-state index contributed by atoms with van der Waals surface area (Å²) < 4.78 is 0. The Balaban J connectivity index is 3.29. The standard InChI is InChI=1S/C16H28O2/c1-3-4-5-6-7-8-9-10-11-12-16(18)14-13-15(2)17/h7-8H,3-6,9-14H2,1-2H3. The molecule has 0 aliphatic rings. The van der Waals surface area contributed by atoms with Crippen LogP contribution in [0.15, 0.2) is 12.2 Å². The van der Waals surface area contributed by atoms with Gasteiger partial charge in [0.05, 0.1) is 0 Å². The number of rotatable bonds is 12. The third kappa shape index (κ3) is 13.1. The van der Waals surface area contributed by atoms with Crippen LogP contribution in [0, 0.1) is 0 Å². The minimum absolute atomic E-state index is 0.110. The highest BCUT2D eigenvalue weighted by Crippen LogP contribution is 2.06. The van der Waals surface area contributed by atoms with Crippen molar-refractivity contribution in [3.05, 3.63) is 12.2 Å². The van der Waals surface area contributed by atoms with Gasteiger partial charge in [0, 0.05) is 19.3 Å². The van der Waals surface area contributed by atoms with Gasteiger partial charge in [-0.15, -0.1) is 0 Å². The number of Topliss-reactive ketones (excluding diaryl/α,β-unsaturated/α-hetero) is 2. The molecule has 0 atom stereocenters. The molecule has 0 saturated heterocycles. The Morgan fingerprint density at radius 2 is 1.44 bits per heavy atom. The van der Waals surface area contributed by atoms with Crippen molar-refractivity contribution in [1.29, 1.82) is 0 Å². The molecule has 0 heterocycles. The van der Waals surface area contributed by atoms with Gasteiger partial charge in [-0.1, -0.05) is 31.9 Å².